The van der Waals surface area contributed by atoms with Gasteiger partial charge in [0, 0.05) is 17.9 Å². The lowest BCUT2D eigenvalue weighted by Gasteiger charge is -2.13. The third-order valence-electron chi connectivity index (χ3n) is 4.44. The van der Waals surface area contributed by atoms with Crippen LogP contribution in [0.25, 0.3) is 10.9 Å². The Morgan fingerprint density at radius 3 is 2.83 bits per heavy atom. The number of benzene rings is 2. The number of nitrogens with one attached hydrogen (secondary N) is 2. The summed E-state index contributed by atoms with van der Waals surface area (Å²) in [5, 5.41) is 15.0. The first-order valence-corrected chi connectivity index (χ1v) is 10.3. The van der Waals surface area contributed by atoms with E-state index in [4.69, 9.17) is 9.47 Å². The molecule has 0 fully saturated rings. The fraction of sp³-hybridized carbons (Fsp3) is 0.182. The summed E-state index contributed by atoms with van der Waals surface area (Å²) in [5.41, 5.74) is 2.07. The second kappa shape index (κ2) is 8.79. The molecule has 0 saturated carbocycles. The largest absolute Gasteiger partial charge is 0.493 e. The Labute approximate surface area is 172 Å². The average Bonchev–Trinajstić information content (AvgIpc) is 3.39. The molecule has 2 aromatic heterocycles. The number of amides is 1. The number of nitrogens with zero attached hydrogens (tertiary/aromatic N) is 1. The molecule has 2 aromatic carbocycles. The number of rotatable bonds is 8. The van der Waals surface area contributed by atoms with Crippen molar-refractivity contribution in [3.63, 3.8) is 0 Å². The summed E-state index contributed by atoms with van der Waals surface area (Å²) < 4.78 is 11.5. The van der Waals surface area contributed by atoms with Crippen LogP contribution in [0, 0.1) is 0 Å². The van der Waals surface area contributed by atoms with Gasteiger partial charge in [-0.2, -0.15) is 16.4 Å². The van der Waals surface area contributed by atoms with Crippen LogP contribution in [-0.4, -0.2) is 28.8 Å². The number of para-hydroxylation sites is 1. The number of aromatic nitrogens is 2. The van der Waals surface area contributed by atoms with E-state index in [0.29, 0.717) is 18.2 Å². The van der Waals surface area contributed by atoms with Crippen molar-refractivity contribution in [2.24, 2.45) is 0 Å². The number of thiophene rings is 1. The first-order chi connectivity index (χ1) is 14.2. The molecule has 7 heteroatoms. The van der Waals surface area contributed by atoms with Crippen LogP contribution in [0.3, 0.4) is 0 Å². The zero-order valence-electron chi connectivity index (χ0n) is 15.9. The van der Waals surface area contributed by atoms with Crippen molar-refractivity contribution in [2.75, 3.05) is 11.9 Å². The van der Waals surface area contributed by atoms with Gasteiger partial charge in [0.05, 0.1) is 12.1 Å². The molecular weight excluding hydrogens is 386 g/mol. The van der Waals surface area contributed by atoms with Gasteiger partial charge < -0.3 is 14.8 Å². The van der Waals surface area contributed by atoms with Crippen molar-refractivity contribution in [1.29, 1.82) is 0 Å². The number of ether oxygens (including phenoxy) is 2. The Hall–Kier alpha value is -3.32. The van der Waals surface area contributed by atoms with Gasteiger partial charge in [-0.3, -0.25) is 9.89 Å². The first-order valence-electron chi connectivity index (χ1n) is 9.33. The van der Waals surface area contributed by atoms with E-state index < -0.39 is 6.10 Å². The van der Waals surface area contributed by atoms with E-state index in [1.54, 1.807) is 18.3 Å². The maximum Gasteiger partial charge on any atom is 0.266 e. The number of aromatic amines is 1. The lowest BCUT2D eigenvalue weighted by Crippen LogP contribution is -2.30. The summed E-state index contributed by atoms with van der Waals surface area (Å²) in [4.78, 5) is 12.5. The molecule has 4 aromatic rings. The second-order valence-corrected chi connectivity index (χ2v) is 7.35. The number of hydrogen-bond acceptors (Lipinski definition) is 5. The van der Waals surface area contributed by atoms with Gasteiger partial charge in [-0.05, 0) is 53.6 Å². The Kier molecular flexibility index (Phi) is 5.76. The van der Waals surface area contributed by atoms with E-state index in [9.17, 15) is 4.79 Å². The number of carbonyl (C=O) groups is 1. The predicted molar refractivity (Wildman–Crippen MR) is 115 cm³/mol. The zero-order valence-corrected chi connectivity index (χ0v) is 16.7. The topological polar surface area (TPSA) is 76.2 Å². The summed E-state index contributed by atoms with van der Waals surface area (Å²) in [6, 6.07) is 17.0. The van der Waals surface area contributed by atoms with Gasteiger partial charge in [0.2, 0.25) is 0 Å². The normalized spacial score (nSPS) is 11.9. The van der Waals surface area contributed by atoms with Gasteiger partial charge >= 0.3 is 0 Å². The number of hydrogen-bond donors (Lipinski definition) is 2. The Bertz CT molecular complexity index is 1080. The number of carbonyl (C=O) groups excluding carboxylic acids is 1. The molecule has 4 rings (SSSR count). The van der Waals surface area contributed by atoms with Gasteiger partial charge in [0.25, 0.3) is 5.91 Å². The van der Waals surface area contributed by atoms with Crippen LogP contribution < -0.4 is 14.8 Å². The van der Waals surface area contributed by atoms with E-state index in [0.717, 1.165) is 23.1 Å². The van der Waals surface area contributed by atoms with Gasteiger partial charge in [-0.15, -0.1) is 0 Å². The number of fused-ring (bicyclic) bond motifs is 1. The van der Waals surface area contributed by atoms with Crippen molar-refractivity contribution in [3.05, 3.63) is 70.9 Å². The molecule has 1 atom stereocenters. The predicted octanol–water partition coefficient (Wildman–Crippen LogP) is 4.65. The van der Waals surface area contributed by atoms with Crippen LogP contribution in [-0.2, 0) is 11.2 Å². The molecular formula is C22H21N3O3S. The second-order valence-electron chi connectivity index (χ2n) is 6.57. The summed E-state index contributed by atoms with van der Waals surface area (Å²) >= 11 is 1.69. The van der Waals surface area contributed by atoms with E-state index in [-0.39, 0.29) is 5.91 Å². The third kappa shape index (κ3) is 4.75. The van der Waals surface area contributed by atoms with Gasteiger partial charge in [-0.25, -0.2) is 0 Å². The molecule has 29 heavy (non-hydrogen) atoms. The van der Waals surface area contributed by atoms with Crippen molar-refractivity contribution in [2.45, 2.75) is 19.4 Å². The number of anilines is 1. The lowest BCUT2D eigenvalue weighted by atomic mass is 10.2. The van der Waals surface area contributed by atoms with E-state index in [2.05, 4.69) is 32.3 Å². The molecule has 0 saturated heterocycles. The smallest absolute Gasteiger partial charge is 0.266 e. The molecule has 0 bridgehead atoms. The summed E-state index contributed by atoms with van der Waals surface area (Å²) in [6.07, 6.45) is 0.217. The van der Waals surface area contributed by atoms with E-state index in [1.807, 2.05) is 48.5 Å². The molecule has 1 unspecified atom stereocenters. The lowest BCUT2D eigenvalue weighted by molar-refractivity contribution is -0.122. The standard InChI is InChI=1S/C22H21N3O3S/c1-15(28-17-5-3-2-4-6-17)22(26)23-21-19-8-7-18(13-20(19)24-25-21)27-11-9-16-10-12-29-14-16/h2-8,10,12-15H,9,11H2,1H3,(H2,23,24,25,26). The zero-order chi connectivity index (χ0) is 20.1. The molecule has 0 aliphatic rings. The SMILES string of the molecule is CC(Oc1ccccc1)C(=O)Nc1n[nH]c2cc(OCCc3ccsc3)ccc12. The van der Waals surface area contributed by atoms with Crippen molar-refractivity contribution >= 4 is 34.0 Å². The summed E-state index contributed by atoms with van der Waals surface area (Å²) in [7, 11) is 0. The van der Waals surface area contributed by atoms with E-state index in [1.165, 1.54) is 5.56 Å². The van der Waals surface area contributed by atoms with Crippen LogP contribution in [0.5, 0.6) is 11.5 Å². The van der Waals surface area contributed by atoms with Crippen LogP contribution in [0.1, 0.15) is 12.5 Å². The van der Waals surface area contributed by atoms with Crippen molar-refractivity contribution in [1.82, 2.24) is 10.2 Å². The fourth-order valence-electron chi connectivity index (χ4n) is 2.88. The molecule has 1 amide bonds. The van der Waals surface area contributed by atoms with E-state index >= 15 is 0 Å². The minimum absolute atomic E-state index is 0.265. The van der Waals surface area contributed by atoms with Crippen LogP contribution in [0.4, 0.5) is 5.82 Å². The van der Waals surface area contributed by atoms with Crippen LogP contribution >= 0.6 is 11.3 Å². The summed E-state index contributed by atoms with van der Waals surface area (Å²) in [5.74, 6) is 1.61. The Morgan fingerprint density at radius 2 is 2.03 bits per heavy atom. The van der Waals surface area contributed by atoms with Crippen molar-refractivity contribution in [3.8, 4) is 11.5 Å². The molecule has 0 radical (unpaired) electrons. The van der Waals surface area contributed by atoms with Gasteiger partial charge in [-0.1, -0.05) is 18.2 Å². The van der Waals surface area contributed by atoms with Crippen LogP contribution in [0.15, 0.2) is 65.4 Å². The van der Waals surface area contributed by atoms with Gasteiger partial charge in [0.15, 0.2) is 11.9 Å². The molecule has 0 aliphatic carbocycles. The average molecular weight is 407 g/mol. The molecule has 6 nitrogen and oxygen atoms in total. The fourth-order valence-corrected chi connectivity index (χ4v) is 3.58. The third-order valence-corrected chi connectivity index (χ3v) is 5.17. The van der Waals surface area contributed by atoms with Gasteiger partial charge in [0.1, 0.15) is 11.5 Å². The quantitative estimate of drug-likeness (QED) is 0.446. The highest BCUT2D eigenvalue weighted by atomic mass is 32.1. The highest BCUT2D eigenvalue weighted by molar-refractivity contribution is 7.07. The molecule has 2 N–H and O–H groups in total. The first kappa shape index (κ1) is 19.0. The summed E-state index contributed by atoms with van der Waals surface area (Å²) in [6.45, 7) is 2.31. The highest BCUT2D eigenvalue weighted by Crippen LogP contribution is 2.25. The highest BCUT2D eigenvalue weighted by Gasteiger charge is 2.17. The molecule has 148 valence electrons. The maximum atomic E-state index is 12.5. The van der Waals surface area contributed by atoms with Crippen molar-refractivity contribution < 1.29 is 14.3 Å². The van der Waals surface area contributed by atoms with Crippen LogP contribution in [0.2, 0.25) is 0 Å². The molecule has 2 heterocycles. The monoisotopic (exact) mass is 407 g/mol. The maximum absolute atomic E-state index is 12.5. The molecule has 0 spiro atoms. The minimum atomic E-state index is -0.649. The minimum Gasteiger partial charge on any atom is -0.493 e. The Balaban J connectivity index is 1.37. The molecule has 0 aliphatic heterocycles. The number of H-pyrrole nitrogens is 1. The Morgan fingerprint density at radius 1 is 1.17 bits per heavy atom.